The Hall–Kier alpha value is -1.00. The summed E-state index contributed by atoms with van der Waals surface area (Å²) in [6, 6.07) is 10.3. The largest absolute Gasteiger partial charge is 0.297 e. The quantitative estimate of drug-likeness (QED) is 0.826. The highest BCUT2D eigenvalue weighted by Crippen LogP contribution is 2.46. The average molecular weight is 266 g/mol. The Balaban J connectivity index is 1.53. The van der Waals surface area contributed by atoms with Crippen LogP contribution in [0.3, 0.4) is 0 Å². The van der Waals surface area contributed by atoms with Gasteiger partial charge in [0.25, 0.3) is 6.43 Å². The molecule has 0 amide bonds. The summed E-state index contributed by atoms with van der Waals surface area (Å²) in [5.74, 6) is 0. The Morgan fingerprint density at radius 2 is 1.63 bits per heavy atom. The van der Waals surface area contributed by atoms with E-state index in [1.54, 1.807) is 0 Å². The van der Waals surface area contributed by atoms with Gasteiger partial charge in [0.05, 0.1) is 5.54 Å². The van der Waals surface area contributed by atoms with Gasteiger partial charge in [-0.1, -0.05) is 30.3 Å². The maximum atomic E-state index is 13.0. The summed E-state index contributed by atoms with van der Waals surface area (Å²) in [5, 5.41) is 0. The van der Waals surface area contributed by atoms with E-state index in [2.05, 4.69) is 17.0 Å². The normalized spacial score (nSPS) is 23.7. The van der Waals surface area contributed by atoms with Crippen LogP contribution in [0.25, 0.3) is 0 Å². The summed E-state index contributed by atoms with van der Waals surface area (Å²) in [5.41, 5.74) is 0.532. The molecule has 1 aromatic carbocycles. The Kier molecular flexibility index (Phi) is 3.54. The molecule has 4 heteroatoms. The van der Waals surface area contributed by atoms with Crippen molar-refractivity contribution < 1.29 is 8.78 Å². The van der Waals surface area contributed by atoms with Crippen LogP contribution in [0, 0.1) is 0 Å². The van der Waals surface area contributed by atoms with Gasteiger partial charge in [0.1, 0.15) is 0 Å². The maximum absolute atomic E-state index is 13.0. The molecule has 2 fully saturated rings. The van der Waals surface area contributed by atoms with Gasteiger partial charge in [0, 0.05) is 32.7 Å². The minimum atomic E-state index is -2.19. The molecular formula is C15H20F2N2. The average Bonchev–Trinajstić information content (AvgIpc) is 3.22. The molecule has 0 spiro atoms. The van der Waals surface area contributed by atoms with E-state index in [-0.39, 0.29) is 0 Å². The lowest BCUT2D eigenvalue weighted by atomic mass is 10.1. The van der Waals surface area contributed by atoms with Crippen LogP contribution in [0.1, 0.15) is 18.4 Å². The van der Waals surface area contributed by atoms with E-state index >= 15 is 0 Å². The first kappa shape index (κ1) is 13.0. The van der Waals surface area contributed by atoms with E-state index in [4.69, 9.17) is 0 Å². The molecule has 0 N–H and O–H groups in total. The van der Waals surface area contributed by atoms with Gasteiger partial charge in [0.2, 0.25) is 0 Å². The predicted molar refractivity (Wildman–Crippen MR) is 71.3 cm³/mol. The topological polar surface area (TPSA) is 6.48 Å². The molecule has 1 aliphatic carbocycles. The molecule has 2 nitrogen and oxygen atoms in total. The fourth-order valence-electron chi connectivity index (χ4n) is 2.99. The highest BCUT2D eigenvalue weighted by atomic mass is 19.3. The smallest absolute Gasteiger partial charge is 0.256 e. The lowest BCUT2D eigenvalue weighted by Crippen LogP contribution is -2.53. The minimum Gasteiger partial charge on any atom is -0.297 e. The molecule has 3 rings (SSSR count). The third kappa shape index (κ3) is 2.65. The van der Waals surface area contributed by atoms with Crippen molar-refractivity contribution in [3.05, 3.63) is 35.9 Å². The van der Waals surface area contributed by atoms with Crippen molar-refractivity contribution in [3.63, 3.8) is 0 Å². The third-order valence-electron chi connectivity index (χ3n) is 4.42. The molecule has 0 aromatic heterocycles. The molecule has 1 aromatic rings. The van der Waals surface area contributed by atoms with Crippen molar-refractivity contribution >= 4 is 0 Å². The molecular weight excluding hydrogens is 246 g/mol. The van der Waals surface area contributed by atoms with Crippen molar-refractivity contribution in [1.29, 1.82) is 0 Å². The van der Waals surface area contributed by atoms with E-state index in [0.717, 1.165) is 32.7 Å². The molecule has 0 bridgehead atoms. The third-order valence-corrected chi connectivity index (χ3v) is 4.42. The Morgan fingerprint density at radius 1 is 1.00 bits per heavy atom. The number of piperazine rings is 1. The van der Waals surface area contributed by atoms with Crippen LogP contribution in [0.5, 0.6) is 0 Å². The number of nitrogens with zero attached hydrogens (tertiary/aromatic N) is 2. The zero-order chi connectivity index (χ0) is 13.3. The van der Waals surface area contributed by atoms with Crippen molar-refractivity contribution in [1.82, 2.24) is 9.80 Å². The highest BCUT2D eigenvalue weighted by molar-refractivity contribution is 5.14. The molecule has 0 radical (unpaired) electrons. The lowest BCUT2D eigenvalue weighted by Gasteiger charge is -2.39. The lowest BCUT2D eigenvalue weighted by molar-refractivity contribution is -0.0163. The molecule has 1 heterocycles. The van der Waals surface area contributed by atoms with Crippen LogP contribution < -0.4 is 0 Å². The van der Waals surface area contributed by atoms with Crippen LogP contribution in [-0.4, -0.2) is 47.9 Å². The Morgan fingerprint density at radius 3 is 2.16 bits per heavy atom. The van der Waals surface area contributed by atoms with Crippen molar-refractivity contribution in [3.8, 4) is 0 Å². The van der Waals surface area contributed by atoms with Gasteiger partial charge in [0.15, 0.2) is 0 Å². The molecule has 1 saturated carbocycles. The summed E-state index contributed by atoms with van der Waals surface area (Å²) in [6.45, 7) is 4.26. The van der Waals surface area contributed by atoms with Gasteiger partial charge in [-0.15, -0.1) is 0 Å². The van der Waals surface area contributed by atoms with Crippen molar-refractivity contribution in [2.24, 2.45) is 0 Å². The first-order valence-electron chi connectivity index (χ1n) is 7.00. The van der Waals surface area contributed by atoms with E-state index < -0.39 is 12.0 Å². The SMILES string of the molecule is FC(F)C1(N2CCN(Cc3ccccc3)CC2)CC1. The molecule has 0 unspecified atom stereocenters. The fourth-order valence-corrected chi connectivity index (χ4v) is 2.99. The molecule has 1 saturated heterocycles. The summed E-state index contributed by atoms with van der Waals surface area (Å²) < 4.78 is 26.1. The summed E-state index contributed by atoms with van der Waals surface area (Å²) >= 11 is 0. The van der Waals surface area contributed by atoms with E-state index in [0.29, 0.717) is 12.8 Å². The monoisotopic (exact) mass is 266 g/mol. The zero-order valence-electron chi connectivity index (χ0n) is 11.1. The van der Waals surface area contributed by atoms with Crippen LogP contribution in [0.4, 0.5) is 8.78 Å². The highest BCUT2D eigenvalue weighted by Gasteiger charge is 2.55. The first-order valence-corrected chi connectivity index (χ1v) is 7.00. The molecule has 0 atom stereocenters. The Labute approximate surface area is 113 Å². The van der Waals surface area contributed by atoms with Gasteiger partial charge in [-0.25, -0.2) is 8.78 Å². The van der Waals surface area contributed by atoms with Gasteiger partial charge in [-0.3, -0.25) is 9.80 Å². The first-order chi connectivity index (χ1) is 9.21. The van der Waals surface area contributed by atoms with Gasteiger partial charge >= 0.3 is 0 Å². The number of hydrogen-bond acceptors (Lipinski definition) is 2. The fraction of sp³-hybridized carbons (Fsp3) is 0.600. The number of hydrogen-bond donors (Lipinski definition) is 0. The van der Waals surface area contributed by atoms with Crippen LogP contribution in [-0.2, 0) is 6.54 Å². The van der Waals surface area contributed by atoms with E-state index in [1.807, 2.05) is 23.1 Å². The van der Waals surface area contributed by atoms with Gasteiger partial charge in [-0.2, -0.15) is 0 Å². The predicted octanol–water partition coefficient (Wildman–Crippen LogP) is 2.60. The Bertz CT molecular complexity index is 409. The molecule has 1 aliphatic heterocycles. The zero-order valence-corrected chi connectivity index (χ0v) is 11.1. The number of rotatable bonds is 4. The summed E-state index contributed by atoms with van der Waals surface area (Å²) in [6.07, 6.45) is -0.847. The second-order valence-electron chi connectivity index (χ2n) is 5.65. The number of alkyl halides is 2. The molecule has 19 heavy (non-hydrogen) atoms. The number of benzene rings is 1. The molecule has 104 valence electrons. The second kappa shape index (κ2) is 5.17. The standard InChI is InChI=1S/C15H20F2N2/c16-14(17)15(6-7-15)19-10-8-18(9-11-19)12-13-4-2-1-3-5-13/h1-5,14H,6-12H2. The van der Waals surface area contributed by atoms with Gasteiger partial charge < -0.3 is 0 Å². The summed E-state index contributed by atoms with van der Waals surface area (Å²) in [7, 11) is 0. The van der Waals surface area contributed by atoms with Crippen molar-refractivity contribution in [2.75, 3.05) is 26.2 Å². The van der Waals surface area contributed by atoms with E-state index in [1.165, 1.54) is 5.56 Å². The van der Waals surface area contributed by atoms with Crippen molar-refractivity contribution in [2.45, 2.75) is 31.4 Å². The number of halogens is 2. The minimum absolute atomic E-state index is 0.670. The van der Waals surface area contributed by atoms with Gasteiger partial charge in [-0.05, 0) is 18.4 Å². The van der Waals surface area contributed by atoms with E-state index in [9.17, 15) is 8.78 Å². The van der Waals surface area contributed by atoms with Crippen LogP contribution >= 0.6 is 0 Å². The second-order valence-corrected chi connectivity index (χ2v) is 5.65. The maximum Gasteiger partial charge on any atom is 0.256 e. The molecule has 2 aliphatic rings. The van der Waals surface area contributed by atoms with Crippen LogP contribution in [0.15, 0.2) is 30.3 Å². The van der Waals surface area contributed by atoms with Crippen LogP contribution in [0.2, 0.25) is 0 Å². The summed E-state index contributed by atoms with van der Waals surface area (Å²) in [4.78, 5) is 4.37.